The number of hydrogen-bond donors (Lipinski definition) is 1. The van der Waals surface area contributed by atoms with Crippen LogP contribution in [-0.2, 0) is 0 Å². The normalized spacial score (nSPS) is 29.5. The second kappa shape index (κ2) is 4.94. The molecule has 0 heterocycles. The molecule has 0 saturated heterocycles. The van der Waals surface area contributed by atoms with Gasteiger partial charge in [0.25, 0.3) is 0 Å². The minimum atomic E-state index is -0.0314. The molecule has 80 valence electrons. The Morgan fingerprint density at radius 3 is 2.15 bits per heavy atom. The van der Waals surface area contributed by atoms with Crippen LogP contribution in [0.1, 0.15) is 25.7 Å². The van der Waals surface area contributed by atoms with E-state index >= 15 is 0 Å². The summed E-state index contributed by atoms with van der Waals surface area (Å²) in [4.78, 5) is 0. The molecule has 0 aliphatic heterocycles. The fraction of sp³-hybridized carbons (Fsp3) is 1.00. The molecule has 0 aromatic heterocycles. The van der Waals surface area contributed by atoms with Crippen LogP contribution in [0, 0.1) is 5.92 Å². The summed E-state index contributed by atoms with van der Waals surface area (Å²) in [5.41, 5.74) is 0. The third-order valence-electron chi connectivity index (χ3n) is 2.65. The van der Waals surface area contributed by atoms with Gasteiger partial charge in [-0.3, -0.25) is 0 Å². The molecule has 0 aromatic rings. The maximum atomic E-state index is 9.72. The van der Waals surface area contributed by atoms with Crippen molar-refractivity contribution in [1.29, 1.82) is 0 Å². The van der Waals surface area contributed by atoms with E-state index in [9.17, 15) is 5.11 Å². The lowest BCUT2D eigenvalue weighted by molar-refractivity contribution is -0.874. The molecule has 3 heteroatoms. The highest BCUT2D eigenvalue weighted by Gasteiger charge is 2.27. The van der Waals surface area contributed by atoms with E-state index in [2.05, 4.69) is 21.1 Å². The van der Waals surface area contributed by atoms with E-state index in [1.54, 1.807) is 0 Å². The van der Waals surface area contributed by atoms with E-state index in [0.29, 0.717) is 5.92 Å². The lowest BCUT2D eigenvalue weighted by Crippen LogP contribution is -2.43. The molecular weight excluding hydrogens is 166 g/mol. The maximum Gasteiger partial charge on any atom is 0.0834 e. The topological polar surface area (TPSA) is 50.2 Å². The number of aliphatic hydroxyl groups is 1. The quantitative estimate of drug-likeness (QED) is 0.660. The van der Waals surface area contributed by atoms with Crippen LogP contribution in [0.2, 0.25) is 0 Å². The average Bonchev–Trinajstić information content (AvgIpc) is 1.91. The highest BCUT2D eigenvalue weighted by atomic mass is 16.3. The molecule has 1 saturated carbocycles. The summed E-state index contributed by atoms with van der Waals surface area (Å²) in [5.74, 6) is 0.541. The number of quaternary nitrogens is 1. The van der Waals surface area contributed by atoms with Crippen LogP contribution in [0.5, 0.6) is 0 Å². The molecule has 1 rings (SSSR count). The number of hydrogen-bond acceptors (Lipinski definition) is 2. The van der Waals surface area contributed by atoms with Crippen molar-refractivity contribution in [2.75, 3.05) is 27.7 Å². The number of nitrogens with zero attached hydrogens (tertiary/aromatic N) is 1. The van der Waals surface area contributed by atoms with Crippen molar-refractivity contribution in [2.45, 2.75) is 31.8 Å². The summed E-state index contributed by atoms with van der Waals surface area (Å²) in [6.45, 7) is 1.11. The van der Waals surface area contributed by atoms with Crippen molar-refractivity contribution in [2.24, 2.45) is 5.92 Å². The smallest absolute Gasteiger partial charge is 0.0834 e. The van der Waals surface area contributed by atoms with Crippen molar-refractivity contribution in [3.8, 4) is 0 Å². The molecule has 1 aliphatic rings. The largest absolute Gasteiger partial charge is 0.870 e. The number of rotatable bonds is 2. The van der Waals surface area contributed by atoms with E-state index in [1.807, 2.05) is 0 Å². The zero-order valence-corrected chi connectivity index (χ0v) is 9.03. The molecule has 2 N–H and O–H groups in total. The second-order valence-electron chi connectivity index (χ2n) is 5.08. The van der Waals surface area contributed by atoms with E-state index in [0.717, 1.165) is 17.4 Å². The van der Waals surface area contributed by atoms with Gasteiger partial charge in [-0.1, -0.05) is 12.8 Å². The van der Waals surface area contributed by atoms with Crippen LogP contribution in [0.15, 0.2) is 0 Å². The van der Waals surface area contributed by atoms with Gasteiger partial charge in [0.1, 0.15) is 0 Å². The zero-order valence-electron chi connectivity index (χ0n) is 9.03. The third-order valence-corrected chi connectivity index (χ3v) is 2.65. The molecule has 1 fully saturated rings. The minimum Gasteiger partial charge on any atom is -0.870 e. The van der Waals surface area contributed by atoms with Crippen molar-refractivity contribution < 1.29 is 15.1 Å². The highest BCUT2D eigenvalue weighted by Crippen LogP contribution is 2.25. The van der Waals surface area contributed by atoms with Crippen molar-refractivity contribution in [3.05, 3.63) is 0 Å². The summed E-state index contributed by atoms with van der Waals surface area (Å²) in [6.07, 6.45) is 4.73. The van der Waals surface area contributed by atoms with E-state index in [-0.39, 0.29) is 11.6 Å². The van der Waals surface area contributed by atoms with Gasteiger partial charge in [-0.2, -0.15) is 0 Å². The molecule has 2 atom stereocenters. The summed E-state index contributed by atoms with van der Waals surface area (Å²) in [6, 6.07) is 0. The first kappa shape index (κ1) is 12.9. The second-order valence-corrected chi connectivity index (χ2v) is 5.08. The van der Waals surface area contributed by atoms with Gasteiger partial charge in [0.15, 0.2) is 0 Å². The van der Waals surface area contributed by atoms with Crippen LogP contribution in [0.4, 0.5) is 0 Å². The molecule has 0 aromatic carbocycles. The third kappa shape index (κ3) is 4.60. The maximum absolute atomic E-state index is 9.72. The van der Waals surface area contributed by atoms with Crippen LogP contribution >= 0.6 is 0 Å². The van der Waals surface area contributed by atoms with Crippen LogP contribution in [-0.4, -0.2) is 48.9 Å². The summed E-state index contributed by atoms with van der Waals surface area (Å²) in [7, 11) is 6.59. The highest BCUT2D eigenvalue weighted by molar-refractivity contribution is 4.73. The first-order chi connectivity index (χ1) is 5.49. The van der Waals surface area contributed by atoms with Gasteiger partial charge >= 0.3 is 0 Å². The van der Waals surface area contributed by atoms with E-state index < -0.39 is 0 Å². The Morgan fingerprint density at radius 2 is 1.69 bits per heavy atom. The SMILES string of the molecule is C[N+](C)(C)CC1CCCCC1O.[OH-]. The number of aliphatic hydroxyl groups excluding tert-OH is 1. The Labute approximate surface area is 81.3 Å². The fourth-order valence-corrected chi connectivity index (χ4v) is 2.10. The van der Waals surface area contributed by atoms with Crippen LogP contribution < -0.4 is 0 Å². The van der Waals surface area contributed by atoms with Crippen molar-refractivity contribution >= 4 is 0 Å². The lowest BCUT2D eigenvalue weighted by atomic mass is 9.86. The van der Waals surface area contributed by atoms with Gasteiger partial charge in [0.05, 0.1) is 33.8 Å². The summed E-state index contributed by atoms with van der Waals surface area (Å²) in [5, 5.41) is 9.72. The Hall–Kier alpha value is -0.120. The summed E-state index contributed by atoms with van der Waals surface area (Å²) >= 11 is 0. The summed E-state index contributed by atoms with van der Waals surface area (Å²) < 4.78 is 0.974. The molecule has 0 amide bonds. The molecule has 0 bridgehead atoms. The molecule has 3 nitrogen and oxygen atoms in total. The predicted molar refractivity (Wildman–Crippen MR) is 52.8 cm³/mol. The van der Waals surface area contributed by atoms with E-state index in [4.69, 9.17) is 0 Å². The lowest BCUT2D eigenvalue weighted by Gasteiger charge is -2.34. The first-order valence-corrected chi connectivity index (χ1v) is 4.97. The van der Waals surface area contributed by atoms with Crippen LogP contribution in [0.25, 0.3) is 0 Å². The molecule has 0 radical (unpaired) electrons. The van der Waals surface area contributed by atoms with Crippen molar-refractivity contribution in [3.63, 3.8) is 0 Å². The monoisotopic (exact) mass is 189 g/mol. The predicted octanol–water partition coefficient (Wildman–Crippen LogP) is 1.07. The van der Waals surface area contributed by atoms with Gasteiger partial charge in [-0.15, -0.1) is 0 Å². The minimum absolute atomic E-state index is 0. The van der Waals surface area contributed by atoms with Crippen molar-refractivity contribution in [1.82, 2.24) is 0 Å². The average molecular weight is 189 g/mol. The van der Waals surface area contributed by atoms with Gasteiger partial charge in [-0.05, 0) is 12.8 Å². The van der Waals surface area contributed by atoms with Crippen LogP contribution in [0.3, 0.4) is 0 Å². The Bertz CT molecular complexity index is 142. The standard InChI is InChI=1S/C10H22NO.H2O/c1-11(2,3)8-9-6-4-5-7-10(9)12;/h9-10,12H,4-8H2,1-3H3;1H2/q+1;/p-1. The first-order valence-electron chi connectivity index (χ1n) is 4.97. The molecule has 2 unspecified atom stereocenters. The Kier molecular flexibility index (Phi) is 4.89. The molecule has 1 aliphatic carbocycles. The van der Waals surface area contributed by atoms with Gasteiger partial charge < -0.3 is 15.1 Å². The van der Waals surface area contributed by atoms with Gasteiger partial charge in [-0.25, -0.2) is 0 Å². The molecule has 0 spiro atoms. The Morgan fingerprint density at radius 1 is 1.15 bits per heavy atom. The zero-order chi connectivity index (χ0) is 9.19. The fourth-order valence-electron chi connectivity index (χ4n) is 2.10. The van der Waals surface area contributed by atoms with E-state index in [1.165, 1.54) is 19.3 Å². The van der Waals surface area contributed by atoms with Gasteiger partial charge in [0, 0.05) is 5.92 Å². The molecular formula is C10H23NO2. The molecule has 13 heavy (non-hydrogen) atoms. The Balaban J connectivity index is 0.00000144. The van der Waals surface area contributed by atoms with Gasteiger partial charge in [0.2, 0.25) is 0 Å².